The SMILES string of the molecule is CC(O)CCSCCC(NC=O)C(=O)O. The van der Waals surface area contributed by atoms with Crippen molar-refractivity contribution >= 4 is 24.1 Å². The molecule has 15 heavy (non-hydrogen) atoms. The maximum absolute atomic E-state index is 10.6. The summed E-state index contributed by atoms with van der Waals surface area (Å²) in [5, 5.41) is 19.9. The van der Waals surface area contributed by atoms with Crippen LogP contribution in [0.3, 0.4) is 0 Å². The lowest BCUT2D eigenvalue weighted by Gasteiger charge is -2.10. The van der Waals surface area contributed by atoms with Crippen LogP contribution < -0.4 is 5.32 Å². The molecular formula is C9H17NO4S. The maximum atomic E-state index is 10.6. The average molecular weight is 235 g/mol. The molecular weight excluding hydrogens is 218 g/mol. The number of aliphatic carboxylic acids is 1. The fourth-order valence-electron chi connectivity index (χ4n) is 0.917. The van der Waals surface area contributed by atoms with Crippen molar-refractivity contribution in [3.8, 4) is 0 Å². The van der Waals surface area contributed by atoms with E-state index in [2.05, 4.69) is 5.32 Å². The number of aliphatic hydroxyl groups excluding tert-OH is 1. The second-order valence-corrected chi connectivity index (χ2v) is 4.44. The zero-order valence-electron chi connectivity index (χ0n) is 8.68. The van der Waals surface area contributed by atoms with E-state index in [1.807, 2.05) is 0 Å². The van der Waals surface area contributed by atoms with E-state index in [0.717, 1.165) is 5.75 Å². The van der Waals surface area contributed by atoms with Crippen LogP contribution in [0, 0.1) is 0 Å². The molecule has 0 heterocycles. The normalized spacial score (nSPS) is 14.3. The van der Waals surface area contributed by atoms with Gasteiger partial charge in [-0.3, -0.25) is 4.79 Å². The van der Waals surface area contributed by atoms with Crippen LogP contribution in [-0.4, -0.2) is 46.2 Å². The van der Waals surface area contributed by atoms with Crippen LogP contribution in [0.1, 0.15) is 19.8 Å². The molecule has 0 aliphatic heterocycles. The molecule has 0 saturated heterocycles. The molecule has 0 aromatic rings. The summed E-state index contributed by atoms with van der Waals surface area (Å²) in [5.41, 5.74) is 0. The molecule has 0 radical (unpaired) electrons. The molecule has 0 bridgehead atoms. The van der Waals surface area contributed by atoms with Crippen LogP contribution in [-0.2, 0) is 9.59 Å². The van der Waals surface area contributed by atoms with Gasteiger partial charge in [-0.15, -0.1) is 0 Å². The van der Waals surface area contributed by atoms with Gasteiger partial charge in [0.25, 0.3) is 0 Å². The zero-order chi connectivity index (χ0) is 11.7. The lowest BCUT2D eigenvalue weighted by atomic mass is 10.2. The Hall–Kier alpha value is -0.750. The molecule has 6 heteroatoms. The molecule has 0 fully saturated rings. The number of carboxylic acids is 1. The Morgan fingerprint density at radius 2 is 2.07 bits per heavy atom. The van der Waals surface area contributed by atoms with Crippen molar-refractivity contribution in [2.75, 3.05) is 11.5 Å². The van der Waals surface area contributed by atoms with Crippen LogP contribution in [0.25, 0.3) is 0 Å². The standard InChI is InChI=1S/C9H17NO4S/c1-7(12)2-4-15-5-3-8(9(13)14)10-6-11/h6-8,12H,2-5H2,1H3,(H,10,11)(H,13,14). The number of carbonyl (C=O) groups excluding carboxylic acids is 1. The van der Waals surface area contributed by atoms with E-state index in [1.165, 1.54) is 0 Å². The Labute approximate surface area is 93.2 Å². The molecule has 0 rings (SSSR count). The molecule has 0 aromatic heterocycles. The quantitative estimate of drug-likeness (QED) is 0.389. The van der Waals surface area contributed by atoms with Crippen molar-refractivity contribution in [2.24, 2.45) is 0 Å². The highest BCUT2D eigenvalue weighted by molar-refractivity contribution is 7.99. The third kappa shape index (κ3) is 8.26. The number of amides is 1. The van der Waals surface area contributed by atoms with E-state index in [4.69, 9.17) is 10.2 Å². The summed E-state index contributed by atoms with van der Waals surface area (Å²) < 4.78 is 0. The van der Waals surface area contributed by atoms with Crippen molar-refractivity contribution in [1.82, 2.24) is 5.32 Å². The number of nitrogens with one attached hydrogen (secondary N) is 1. The predicted octanol–water partition coefficient (Wildman–Crippen LogP) is 0.0798. The van der Waals surface area contributed by atoms with Gasteiger partial charge in [0.05, 0.1) is 6.10 Å². The van der Waals surface area contributed by atoms with Gasteiger partial charge in [-0.1, -0.05) is 0 Å². The second-order valence-electron chi connectivity index (χ2n) is 3.21. The van der Waals surface area contributed by atoms with Gasteiger partial charge in [-0.05, 0) is 31.3 Å². The Balaban J connectivity index is 3.53. The zero-order valence-corrected chi connectivity index (χ0v) is 9.50. The van der Waals surface area contributed by atoms with Gasteiger partial charge in [0, 0.05) is 0 Å². The summed E-state index contributed by atoms with van der Waals surface area (Å²) >= 11 is 1.57. The summed E-state index contributed by atoms with van der Waals surface area (Å²) in [6.07, 6.45) is 1.18. The number of aliphatic hydroxyl groups is 1. The first-order valence-electron chi connectivity index (χ1n) is 4.76. The molecule has 2 unspecified atom stereocenters. The van der Waals surface area contributed by atoms with Crippen molar-refractivity contribution in [1.29, 1.82) is 0 Å². The van der Waals surface area contributed by atoms with Gasteiger partial charge < -0.3 is 15.5 Å². The second kappa shape index (κ2) is 8.55. The van der Waals surface area contributed by atoms with Crippen LogP contribution in [0.4, 0.5) is 0 Å². The first-order valence-corrected chi connectivity index (χ1v) is 5.91. The van der Waals surface area contributed by atoms with E-state index >= 15 is 0 Å². The van der Waals surface area contributed by atoms with E-state index < -0.39 is 12.0 Å². The van der Waals surface area contributed by atoms with Crippen LogP contribution in [0.15, 0.2) is 0 Å². The number of hydrogen-bond acceptors (Lipinski definition) is 4. The molecule has 0 aliphatic rings. The smallest absolute Gasteiger partial charge is 0.326 e. The molecule has 3 N–H and O–H groups in total. The summed E-state index contributed by atoms with van der Waals surface area (Å²) in [6, 6.07) is -0.804. The molecule has 2 atom stereocenters. The summed E-state index contributed by atoms with van der Waals surface area (Å²) in [7, 11) is 0. The van der Waals surface area contributed by atoms with Crippen LogP contribution in [0.2, 0.25) is 0 Å². The number of carbonyl (C=O) groups is 2. The van der Waals surface area contributed by atoms with E-state index in [-0.39, 0.29) is 6.10 Å². The molecule has 88 valence electrons. The van der Waals surface area contributed by atoms with Gasteiger partial charge in [-0.2, -0.15) is 11.8 Å². The number of rotatable bonds is 9. The lowest BCUT2D eigenvalue weighted by Crippen LogP contribution is -2.36. The van der Waals surface area contributed by atoms with Crippen LogP contribution >= 0.6 is 11.8 Å². The van der Waals surface area contributed by atoms with E-state index in [0.29, 0.717) is 25.0 Å². The Morgan fingerprint density at radius 3 is 2.53 bits per heavy atom. The molecule has 5 nitrogen and oxygen atoms in total. The fourth-order valence-corrected chi connectivity index (χ4v) is 2.03. The van der Waals surface area contributed by atoms with Gasteiger partial charge in [0.1, 0.15) is 6.04 Å². The highest BCUT2D eigenvalue weighted by Crippen LogP contribution is 2.08. The topological polar surface area (TPSA) is 86.6 Å². The van der Waals surface area contributed by atoms with Gasteiger partial charge in [-0.25, -0.2) is 4.79 Å². The van der Waals surface area contributed by atoms with Crippen molar-refractivity contribution < 1.29 is 19.8 Å². The maximum Gasteiger partial charge on any atom is 0.326 e. The van der Waals surface area contributed by atoms with E-state index in [9.17, 15) is 9.59 Å². The van der Waals surface area contributed by atoms with Crippen LogP contribution in [0.5, 0.6) is 0 Å². The minimum absolute atomic E-state index is 0.319. The highest BCUT2D eigenvalue weighted by atomic mass is 32.2. The molecule has 0 aliphatic carbocycles. The fraction of sp³-hybridized carbons (Fsp3) is 0.778. The first kappa shape index (κ1) is 14.2. The minimum Gasteiger partial charge on any atom is -0.480 e. The number of carboxylic acid groups (broad SMARTS) is 1. The highest BCUT2D eigenvalue weighted by Gasteiger charge is 2.15. The monoisotopic (exact) mass is 235 g/mol. The third-order valence-corrected chi connectivity index (χ3v) is 2.85. The first-order chi connectivity index (χ1) is 7.07. The van der Waals surface area contributed by atoms with Crippen molar-refractivity contribution in [3.05, 3.63) is 0 Å². The average Bonchev–Trinajstić information content (AvgIpc) is 2.15. The summed E-state index contributed by atoms with van der Waals surface area (Å²) in [5.74, 6) is 0.438. The molecule has 0 aromatic carbocycles. The Morgan fingerprint density at radius 1 is 1.47 bits per heavy atom. The molecule has 0 spiro atoms. The lowest BCUT2D eigenvalue weighted by molar-refractivity contribution is -0.140. The summed E-state index contributed by atoms with van der Waals surface area (Å²) in [4.78, 5) is 20.7. The van der Waals surface area contributed by atoms with E-state index in [1.54, 1.807) is 18.7 Å². The van der Waals surface area contributed by atoms with Crippen molar-refractivity contribution in [2.45, 2.75) is 31.9 Å². The third-order valence-electron chi connectivity index (χ3n) is 1.80. The minimum atomic E-state index is -1.02. The van der Waals surface area contributed by atoms with Gasteiger partial charge >= 0.3 is 5.97 Å². The number of thioether (sulfide) groups is 1. The van der Waals surface area contributed by atoms with Gasteiger partial charge in [0.15, 0.2) is 0 Å². The molecule has 1 amide bonds. The Bertz CT molecular complexity index is 199. The predicted molar refractivity (Wildman–Crippen MR) is 58.9 cm³/mol. The summed E-state index contributed by atoms with van der Waals surface area (Å²) in [6.45, 7) is 1.72. The number of hydrogen-bond donors (Lipinski definition) is 3. The Kier molecular flexibility index (Phi) is 8.12. The largest absolute Gasteiger partial charge is 0.480 e. The van der Waals surface area contributed by atoms with Crippen molar-refractivity contribution in [3.63, 3.8) is 0 Å². The molecule has 0 saturated carbocycles. The van der Waals surface area contributed by atoms with Gasteiger partial charge in [0.2, 0.25) is 6.41 Å².